The summed E-state index contributed by atoms with van der Waals surface area (Å²) < 4.78 is 7.11. The summed E-state index contributed by atoms with van der Waals surface area (Å²) in [6.45, 7) is 9.36. The van der Waals surface area contributed by atoms with Crippen LogP contribution in [0.2, 0.25) is 0 Å². The quantitative estimate of drug-likeness (QED) is 0.417. The topological polar surface area (TPSA) is 169 Å². The number of amides is 2. The van der Waals surface area contributed by atoms with Crippen LogP contribution in [0.5, 0.6) is 0 Å². The van der Waals surface area contributed by atoms with Crippen LogP contribution in [0.3, 0.4) is 0 Å². The number of aromatic nitrogens is 4. The van der Waals surface area contributed by atoms with E-state index in [1.54, 1.807) is 6.92 Å². The highest BCUT2D eigenvalue weighted by Gasteiger charge is 2.47. The fourth-order valence-electron chi connectivity index (χ4n) is 4.65. The number of piperidine rings is 1. The molecule has 5 N–H and O–H groups in total. The number of carbonyl (C=O) groups excluding carboxylic acids is 2. The van der Waals surface area contributed by atoms with Gasteiger partial charge in [0.05, 0.1) is 6.33 Å². The Morgan fingerprint density at radius 3 is 2.57 bits per heavy atom. The molecule has 2 saturated heterocycles. The van der Waals surface area contributed by atoms with E-state index >= 15 is 0 Å². The highest BCUT2D eigenvalue weighted by molar-refractivity contribution is 5.83. The maximum absolute atomic E-state index is 12.5. The molecule has 12 nitrogen and oxygen atoms in total. The molecule has 2 aromatic rings. The van der Waals surface area contributed by atoms with Crippen molar-refractivity contribution in [2.45, 2.75) is 71.5 Å². The van der Waals surface area contributed by atoms with Crippen LogP contribution in [0.1, 0.15) is 59.0 Å². The van der Waals surface area contributed by atoms with Gasteiger partial charge in [0, 0.05) is 31.5 Å². The van der Waals surface area contributed by atoms with E-state index in [1.165, 1.54) is 10.9 Å². The Labute approximate surface area is 215 Å². The minimum absolute atomic E-state index is 0.121. The Balaban J connectivity index is 1.46. The predicted octanol–water partition coefficient (Wildman–Crippen LogP) is 0.190. The number of rotatable bonds is 4. The summed E-state index contributed by atoms with van der Waals surface area (Å²) in [5.74, 6) is 6.44. The van der Waals surface area contributed by atoms with Gasteiger partial charge in [-0.25, -0.2) is 15.0 Å². The lowest BCUT2D eigenvalue weighted by molar-refractivity contribution is -0.141. The molecular formula is C25H35N7O5. The van der Waals surface area contributed by atoms with E-state index in [4.69, 9.17) is 10.5 Å². The molecule has 4 atom stereocenters. The van der Waals surface area contributed by atoms with Crippen molar-refractivity contribution in [3.8, 4) is 11.8 Å². The molecule has 12 heteroatoms. The highest BCUT2D eigenvalue weighted by Crippen LogP contribution is 2.32. The Morgan fingerprint density at radius 2 is 1.92 bits per heavy atom. The van der Waals surface area contributed by atoms with Crippen LogP contribution < -0.4 is 11.1 Å². The molecule has 37 heavy (non-hydrogen) atoms. The van der Waals surface area contributed by atoms with Gasteiger partial charge < -0.3 is 30.9 Å². The molecule has 2 fully saturated rings. The van der Waals surface area contributed by atoms with Crippen LogP contribution in [0, 0.1) is 23.2 Å². The number of aliphatic hydroxyl groups excluding tert-OH is 2. The Hall–Kier alpha value is -3.27. The monoisotopic (exact) mass is 513 g/mol. The summed E-state index contributed by atoms with van der Waals surface area (Å²) in [7, 11) is 0. The van der Waals surface area contributed by atoms with Crippen LogP contribution in [0.25, 0.3) is 11.2 Å². The average Bonchev–Trinajstić information content (AvgIpc) is 3.40. The number of anilines is 1. The zero-order valence-electron chi connectivity index (χ0n) is 21.6. The number of imidazole rings is 1. The fraction of sp³-hybridized carbons (Fsp3) is 0.640. The lowest BCUT2D eigenvalue weighted by Gasteiger charge is -2.35. The fourth-order valence-corrected chi connectivity index (χ4v) is 4.65. The number of hydrogen-bond donors (Lipinski definition) is 4. The van der Waals surface area contributed by atoms with Crippen LogP contribution in [0.4, 0.5) is 5.82 Å². The van der Waals surface area contributed by atoms with Crippen molar-refractivity contribution in [3.63, 3.8) is 0 Å². The third kappa shape index (κ3) is 5.53. The van der Waals surface area contributed by atoms with E-state index in [-0.39, 0.29) is 28.6 Å². The number of likely N-dealkylation sites (N-methyl/N-ethyl adjacent to an activating group) is 1. The second-order valence-electron chi connectivity index (χ2n) is 10.6. The lowest BCUT2D eigenvalue weighted by atomic mass is 9.90. The van der Waals surface area contributed by atoms with Crippen LogP contribution in [-0.2, 0) is 14.3 Å². The second-order valence-corrected chi connectivity index (χ2v) is 10.6. The third-order valence-electron chi connectivity index (χ3n) is 6.70. The first-order valence-electron chi connectivity index (χ1n) is 12.6. The van der Waals surface area contributed by atoms with E-state index in [0.717, 1.165) is 25.9 Å². The highest BCUT2D eigenvalue weighted by atomic mass is 16.6. The summed E-state index contributed by atoms with van der Waals surface area (Å²) in [6.07, 6.45) is -1.34. The Morgan fingerprint density at radius 1 is 1.22 bits per heavy atom. The first-order chi connectivity index (χ1) is 17.5. The molecule has 0 aromatic carbocycles. The van der Waals surface area contributed by atoms with E-state index in [2.05, 4.69) is 32.1 Å². The Bertz CT molecular complexity index is 1220. The van der Waals surface area contributed by atoms with Gasteiger partial charge in [-0.1, -0.05) is 26.7 Å². The zero-order chi connectivity index (χ0) is 26.9. The normalized spacial score (nSPS) is 24.6. The minimum Gasteiger partial charge on any atom is -0.387 e. The molecule has 2 amide bonds. The van der Waals surface area contributed by atoms with E-state index in [1.807, 2.05) is 25.7 Å². The third-order valence-corrected chi connectivity index (χ3v) is 6.70. The molecule has 0 radical (unpaired) electrons. The first kappa shape index (κ1) is 26.8. The van der Waals surface area contributed by atoms with Gasteiger partial charge in [0.15, 0.2) is 23.8 Å². The van der Waals surface area contributed by atoms with Crippen molar-refractivity contribution in [3.05, 3.63) is 12.2 Å². The maximum Gasteiger partial charge on any atom is 0.252 e. The predicted molar refractivity (Wildman–Crippen MR) is 135 cm³/mol. The van der Waals surface area contributed by atoms with Crippen molar-refractivity contribution < 1.29 is 24.5 Å². The molecular weight excluding hydrogens is 478 g/mol. The number of nitrogens with zero attached hydrogens (tertiary/aromatic N) is 5. The van der Waals surface area contributed by atoms with Gasteiger partial charge in [-0.05, 0) is 31.6 Å². The van der Waals surface area contributed by atoms with Gasteiger partial charge in [-0.15, -0.1) is 0 Å². The van der Waals surface area contributed by atoms with Gasteiger partial charge in [-0.3, -0.25) is 14.2 Å². The average molecular weight is 514 g/mol. The number of ether oxygens (including phenoxy) is 1. The molecule has 2 aromatic heterocycles. The molecule has 200 valence electrons. The minimum atomic E-state index is -1.42. The second kappa shape index (κ2) is 10.6. The molecule has 0 saturated carbocycles. The molecule has 2 aliphatic heterocycles. The standard InChI is InChI=1S/C25H35N7O5/c1-5-27-22(35)19-17(33)18(34)23(37-19)32-13-28-16-20(26)29-15(30-21(16)32)8-6-7-14-9-11-31(12-10-14)24(36)25(2,3)4/h13-14,17-19,23,33-34H,5,7,9-12H2,1-4H3,(H,27,35)(H2,26,29,30)/t17?,18?,19-,23+/m0/s1. The van der Waals surface area contributed by atoms with Gasteiger partial charge >= 0.3 is 0 Å². The first-order valence-corrected chi connectivity index (χ1v) is 12.6. The number of hydrogen-bond acceptors (Lipinski definition) is 9. The van der Waals surface area contributed by atoms with Crippen molar-refractivity contribution >= 4 is 28.8 Å². The van der Waals surface area contributed by atoms with Gasteiger partial charge in [0.25, 0.3) is 5.91 Å². The summed E-state index contributed by atoms with van der Waals surface area (Å²) in [5.41, 5.74) is 6.29. The lowest BCUT2D eigenvalue weighted by Crippen LogP contribution is -2.44. The number of fused-ring (bicyclic) bond motifs is 1. The van der Waals surface area contributed by atoms with Crippen LogP contribution in [-0.4, -0.2) is 84.4 Å². The molecule has 0 aliphatic carbocycles. The number of carbonyl (C=O) groups is 2. The number of nitrogens with one attached hydrogen (secondary N) is 1. The number of aliphatic hydroxyl groups is 2. The van der Waals surface area contributed by atoms with Crippen molar-refractivity contribution in [1.29, 1.82) is 0 Å². The summed E-state index contributed by atoms with van der Waals surface area (Å²) >= 11 is 0. The van der Waals surface area contributed by atoms with Crippen molar-refractivity contribution in [2.75, 3.05) is 25.4 Å². The smallest absolute Gasteiger partial charge is 0.252 e. The van der Waals surface area contributed by atoms with Gasteiger partial charge in [0.2, 0.25) is 11.7 Å². The molecule has 2 unspecified atom stereocenters. The van der Waals surface area contributed by atoms with Gasteiger partial charge in [-0.2, -0.15) is 0 Å². The number of nitrogen functional groups attached to an aromatic ring is 1. The van der Waals surface area contributed by atoms with E-state index in [0.29, 0.717) is 24.4 Å². The van der Waals surface area contributed by atoms with Crippen molar-refractivity contribution in [1.82, 2.24) is 29.7 Å². The number of likely N-dealkylation sites (tertiary alicyclic amines) is 1. The molecule has 4 rings (SSSR count). The molecule has 2 aliphatic rings. The summed E-state index contributed by atoms with van der Waals surface area (Å²) in [6, 6.07) is 0. The number of nitrogens with two attached hydrogens (primary N) is 1. The van der Waals surface area contributed by atoms with Crippen molar-refractivity contribution in [2.24, 2.45) is 11.3 Å². The SMILES string of the molecule is CCNC(=O)[C@H]1O[C@@H](n2cnc3c(N)nc(C#CCC4CCN(C(=O)C(C)(C)C)CC4)nc32)C(O)C1O. The van der Waals surface area contributed by atoms with Crippen LogP contribution in [0.15, 0.2) is 6.33 Å². The maximum atomic E-state index is 12.5. The zero-order valence-corrected chi connectivity index (χ0v) is 21.6. The molecule has 0 spiro atoms. The summed E-state index contributed by atoms with van der Waals surface area (Å²) in [5, 5.41) is 23.5. The Kier molecular flexibility index (Phi) is 7.68. The largest absolute Gasteiger partial charge is 0.387 e. The summed E-state index contributed by atoms with van der Waals surface area (Å²) in [4.78, 5) is 39.5. The van der Waals surface area contributed by atoms with E-state index < -0.39 is 30.4 Å². The van der Waals surface area contributed by atoms with Gasteiger partial charge in [0.1, 0.15) is 17.7 Å². The van der Waals surface area contributed by atoms with Crippen LogP contribution >= 0.6 is 0 Å². The molecule has 4 heterocycles. The van der Waals surface area contributed by atoms with E-state index in [9.17, 15) is 19.8 Å². The molecule has 0 bridgehead atoms.